The van der Waals surface area contributed by atoms with E-state index < -0.39 is 0 Å². The minimum Gasteiger partial charge on any atom is -0.320 e. The zero-order chi connectivity index (χ0) is 11.4. The summed E-state index contributed by atoms with van der Waals surface area (Å²) < 4.78 is 2.08. The molecule has 0 saturated heterocycles. The first kappa shape index (κ1) is 11.6. The van der Waals surface area contributed by atoms with Gasteiger partial charge in [0.05, 0.1) is 5.69 Å². The van der Waals surface area contributed by atoms with Crippen LogP contribution in [0.5, 0.6) is 0 Å². The van der Waals surface area contributed by atoms with Gasteiger partial charge < -0.3 is 10.2 Å². The molecule has 2 rings (SSSR count). The molecule has 2 aromatic heterocycles. The Hall–Kier alpha value is -0.910. The van der Waals surface area contributed by atoms with Crippen LogP contribution >= 0.6 is 11.3 Å². The fraction of sp³-hybridized carbons (Fsp3) is 0.545. The fourth-order valence-electron chi connectivity index (χ4n) is 1.73. The largest absolute Gasteiger partial charge is 0.320 e. The van der Waals surface area contributed by atoms with E-state index in [1.807, 2.05) is 7.05 Å². The molecule has 0 saturated carbocycles. The van der Waals surface area contributed by atoms with Crippen molar-refractivity contribution in [2.75, 3.05) is 27.2 Å². The third kappa shape index (κ3) is 2.81. The number of nitrogens with zero attached hydrogens (tertiary/aromatic N) is 3. The van der Waals surface area contributed by atoms with Gasteiger partial charge in [-0.15, -0.1) is 11.3 Å². The summed E-state index contributed by atoms with van der Waals surface area (Å²) in [5, 5.41) is 5.22. The van der Waals surface area contributed by atoms with Crippen LogP contribution in [-0.2, 0) is 6.54 Å². The molecule has 0 radical (unpaired) electrons. The van der Waals surface area contributed by atoms with Crippen molar-refractivity contribution in [1.29, 1.82) is 0 Å². The molecule has 0 atom stereocenters. The van der Waals surface area contributed by atoms with Crippen LogP contribution < -0.4 is 5.32 Å². The van der Waals surface area contributed by atoms with Gasteiger partial charge in [0.1, 0.15) is 0 Å². The highest BCUT2D eigenvalue weighted by atomic mass is 32.1. The lowest BCUT2D eigenvalue weighted by molar-refractivity contribution is 0.318. The number of imidazole rings is 1. The number of hydrogen-bond acceptors (Lipinski definition) is 4. The second kappa shape index (κ2) is 5.43. The summed E-state index contributed by atoms with van der Waals surface area (Å²) in [7, 11) is 4.13. The minimum absolute atomic E-state index is 0.929. The number of fused-ring (bicyclic) bond motifs is 1. The zero-order valence-corrected chi connectivity index (χ0v) is 10.6. The average molecular weight is 238 g/mol. The van der Waals surface area contributed by atoms with Gasteiger partial charge in [-0.1, -0.05) is 0 Å². The molecule has 16 heavy (non-hydrogen) atoms. The van der Waals surface area contributed by atoms with Gasteiger partial charge in [0.2, 0.25) is 0 Å². The van der Waals surface area contributed by atoms with E-state index in [-0.39, 0.29) is 0 Å². The molecule has 0 aromatic carbocycles. The second-order valence-electron chi connectivity index (χ2n) is 4.02. The molecule has 0 aliphatic carbocycles. The molecule has 5 heteroatoms. The van der Waals surface area contributed by atoms with Gasteiger partial charge in [0.15, 0.2) is 4.96 Å². The smallest absolute Gasteiger partial charge is 0.193 e. The van der Waals surface area contributed by atoms with Gasteiger partial charge in [-0.05, 0) is 33.6 Å². The number of thiazole rings is 1. The van der Waals surface area contributed by atoms with E-state index in [1.165, 1.54) is 6.42 Å². The summed E-state index contributed by atoms with van der Waals surface area (Å²) in [6, 6.07) is 0. The quantitative estimate of drug-likeness (QED) is 0.773. The van der Waals surface area contributed by atoms with Crippen LogP contribution in [0.3, 0.4) is 0 Å². The van der Waals surface area contributed by atoms with Gasteiger partial charge in [0, 0.05) is 24.3 Å². The predicted molar refractivity (Wildman–Crippen MR) is 67.9 cm³/mol. The van der Waals surface area contributed by atoms with Crippen LogP contribution in [-0.4, -0.2) is 41.5 Å². The molecule has 0 aliphatic heterocycles. The maximum atomic E-state index is 4.57. The van der Waals surface area contributed by atoms with Crippen molar-refractivity contribution in [3.05, 3.63) is 23.5 Å². The van der Waals surface area contributed by atoms with Crippen LogP contribution in [0.4, 0.5) is 0 Å². The monoisotopic (exact) mass is 238 g/mol. The van der Waals surface area contributed by atoms with Crippen molar-refractivity contribution in [3.63, 3.8) is 0 Å². The van der Waals surface area contributed by atoms with E-state index in [2.05, 4.69) is 44.4 Å². The Balaban J connectivity index is 1.86. The Kier molecular flexibility index (Phi) is 3.93. The summed E-state index contributed by atoms with van der Waals surface area (Å²) in [5.74, 6) is 0. The van der Waals surface area contributed by atoms with Crippen molar-refractivity contribution in [1.82, 2.24) is 19.6 Å². The van der Waals surface area contributed by atoms with E-state index in [4.69, 9.17) is 0 Å². The van der Waals surface area contributed by atoms with Gasteiger partial charge in [-0.25, -0.2) is 4.98 Å². The third-order valence-corrected chi connectivity index (χ3v) is 3.31. The van der Waals surface area contributed by atoms with E-state index in [0.717, 1.165) is 30.3 Å². The molecule has 1 N–H and O–H groups in total. The minimum atomic E-state index is 0.929. The molecule has 4 nitrogen and oxygen atoms in total. The highest BCUT2D eigenvalue weighted by Gasteiger charge is 2.05. The molecule has 0 unspecified atom stereocenters. The molecular formula is C11H18N4S. The van der Waals surface area contributed by atoms with E-state index in [1.54, 1.807) is 11.3 Å². The van der Waals surface area contributed by atoms with Crippen molar-refractivity contribution in [3.8, 4) is 0 Å². The van der Waals surface area contributed by atoms with Crippen LogP contribution in [0.25, 0.3) is 4.96 Å². The first-order valence-electron chi connectivity index (χ1n) is 5.54. The van der Waals surface area contributed by atoms with E-state index in [9.17, 15) is 0 Å². The molecule has 0 fully saturated rings. The van der Waals surface area contributed by atoms with Crippen LogP contribution in [0.15, 0.2) is 17.8 Å². The Morgan fingerprint density at radius 3 is 3.19 bits per heavy atom. The highest BCUT2D eigenvalue weighted by molar-refractivity contribution is 7.15. The fourth-order valence-corrected chi connectivity index (χ4v) is 2.45. The Morgan fingerprint density at radius 1 is 1.56 bits per heavy atom. The summed E-state index contributed by atoms with van der Waals surface area (Å²) in [6.45, 7) is 3.10. The van der Waals surface area contributed by atoms with Crippen LogP contribution in [0, 0.1) is 0 Å². The summed E-state index contributed by atoms with van der Waals surface area (Å²) >= 11 is 1.68. The van der Waals surface area contributed by atoms with Gasteiger partial charge in [0.25, 0.3) is 0 Å². The molecule has 2 aromatic rings. The summed E-state index contributed by atoms with van der Waals surface area (Å²) in [4.78, 5) is 7.96. The number of nitrogens with one attached hydrogen (secondary N) is 1. The molecular weight excluding hydrogens is 220 g/mol. The predicted octanol–water partition coefficient (Wildman–Crippen LogP) is 1.44. The zero-order valence-electron chi connectivity index (χ0n) is 9.81. The van der Waals surface area contributed by atoms with Crippen LogP contribution in [0.2, 0.25) is 0 Å². The summed E-state index contributed by atoms with van der Waals surface area (Å²) in [5.41, 5.74) is 1.15. The van der Waals surface area contributed by atoms with E-state index >= 15 is 0 Å². The molecule has 0 amide bonds. The summed E-state index contributed by atoms with van der Waals surface area (Å²) in [6.07, 6.45) is 5.34. The first-order valence-corrected chi connectivity index (χ1v) is 6.42. The Labute approximate surface area is 99.9 Å². The normalized spacial score (nSPS) is 11.7. The molecule has 0 bridgehead atoms. The lowest BCUT2D eigenvalue weighted by Crippen LogP contribution is -2.22. The molecule has 2 heterocycles. The number of rotatable bonds is 6. The molecule has 0 aliphatic rings. The van der Waals surface area contributed by atoms with Gasteiger partial charge in [-0.2, -0.15) is 0 Å². The molecule has 88 valence electrons. The maximum Gasteiger partial charge on any atom is 0.193 e. The average Bonchev–Trinajstić information content (AvgIpc) is 2.78. The molecule has 0 spiro atoms. The van der Waals surface area contributed by atoms with Gasteiger partial charge in [-0.3, -0.25) is 4.40 Å². The maximum absolute atomic E-state index is 4.57. The number of aromatic nitrogens is 2. The Bertz CT molecular complexity index is 405. The highest BCUT2D eigenvalue weighted by Crippen LogP contribution is 2.12. The van der Waals surface area contributed by atoms with Gasteiger partial charge >= 0.3 is 0 Å². The van der Waals surface area contributed by atoms with Crippen molar-refractivity contribution in [2.45, 2.75) is 13.0 Å². The SMILES string of the molecule is CNCCCN(C)Cc1cn2ccsc2n1. The topological polar surface area (TPSA) is 32.6 Å². The Morgan fingerprint density at radius 2 is 2.44 bits per heavy atom. The van der Waals surface area contributed by atoms with Crippen LogP contribution in [0.1, 0.15) is 12.1 Å². The first-order chi connectivity index (χ1) is 7.79. The van der Waals surface area contributed by atoms with Crippen molar-refractivity contribution < 1.29 is 0 Å². The standard InChI is InChI=1S/C11H18N4S/c1-12-4-3-5-14(2)8-10-9-15-6-7-16-11(15)13-10/h6-7,9,12H,3-5,8H2,1-2H3. The lowest BCUT2D eigenvalue weighted by atomic mass is 10.3. The lowest BCUT2D eigenvalue weighted by Gasteiger charge is -2.14. The van der Waals surface area contributed by atoms with Crippen molar-refractivity contribution in [2.24, 2.45) is 0 Å². The van der Waals surface area contributed by atoms with E-state index in [0.29, 0.717) is 0 Å². The van der Waals surface area contributed by atoms with Crippen molar-refractivity contribution >= 4 is 16.3 Å². The third-order valence-electron chi connectivity index (χ3n) is 2.54. The number of hydrogen-bond donors (Lipinski definition) is 1. The second-order valence-corrected chi connectivity index (χ2v) is 4.89.